The smallest absolute Gasteiger partial charge is 0.239 e. The van der Waals surface area contributed by atoms with E-state index in [1.807, 2.05) is 17.7 Å². The maximum atomic E-state index is 12.1. The standard InChI is InChI=1S/C15H25N3O4/c1-4-13-16-5-6-18(13)8-14(19)17-7-11-9-22-10-12(20-2)15(11)21-3/h5-6,11-12,15H,4,7-10H2,1-3H3,(H,17,19)/t11-,12-,15+/m1/s1. The summed E-state index contributed by atoms with van der Waals surface area (Å²) in [6.45, 7) is 3.89. The Hall–Kier alpha value is -1.44. The molecule has 3 atom stereocenters. The van der Waals surface area contributed by atoms with Gasteiger partial charge in [0, 0.05) is 45.5 Å². The molecule has 124 valence electrons. The van der Waals surface area contributed by atoms with Crippen LogP contribution < -0.4 is 5.32 Å². The van der Waals surface area contributed by atoms with E-state index in [-0.39, 0.29) is 30.6 Å². The molecular formula is C15H25N3O4. The summed E-state index contributed by atoms with van der Waals surface area (Å²) in [5.74, 6) is 0.952. The number of nitrogens with one attached hydrogen (secondary N) is 1. The van der Waals surface area contributed by atoms with Gasteiger partial charge in [-0.15, -0.1) is 0 Å². The molecule has 0 radical (unpaired) electrons. The van der Waals surface area contributed by atoms with Crippen molar-refractivity contribution in [2.45, 2.75) is 32.1 Å². The van der Waals surface area contributed by atoms with Gasteiger partial charge < -0.3 is 24.1 Å². The van der Waals surface area contributed by atoms with Gasteiger partial charge in [-0.25, -0.2) is 4.98 Å². The van der Waals surface area contributed by atoms with Gasteiger partial charge in [-0.05, 0) is 0 Å². The largest absolute Gasteiger partial charge is 0.378 e. The highest BCUT2D eigenvalue weighted by Gasteiger charge is 2.34. The van der Waals surface area contributed by atoms with Gasteiger partial charge in [0.2, 0.25) is 5.91 Å². The molecule has 0 bridgehead atoms. The van der Waals surface area contributed by atoms with Gasteiger partial charge in [0.15, 0.2) is 0 Å². The summed E-state index contributed by atoms with van der Waals surface area (Å²) in [6.07, 6.45) is 4.17. The van der Waals surface area contributed by atoms with Crippen molar-refractivity contribution in [1.82, 2.24) is 14.9 Å². The molecule has 1 aliphatic heterocycles. The van der Waals surface area contributed by atoms with E-state index >= 15 is 0 Å². The van der Waals surface area contributed by atoms with Gasteiger partial charge in [0.25, 0.3) is 0 Å². The molecule has 1 aliphatic rings. The van der Waals surface area contributed by atoms with Crippen molar-refractivity contribution >= 4 is 5.91 Å². The molecule has 2 heterocycles. The monoisotopic (exact) mass is 311 g/mol. The average molecular weight is 311 g/mol. The first-order chi connectivity index (χ1) is 10.7. The zero-order valence-electron chi connectivity index (χ0n) is 13.4. The number of aromatic nitrogens is 2. The fourth-order valence-corrected chi connectivity index (χ4v) is 2.80. The quantitative estimate of drug-likeness (QED) is 0.781. The van der Waals surface area contributed by atoms with Gasteiger partial charge in [-0.2, -0.15) is 0 Å². The Morgan fingerprint density at radius 3 is 2.95 bits per heavy atom. The number of nitrogens with zero attached hydrogens (tertiary/aromatic N) is 2. The Kier molecular flexibility index (Phi) is 6.35. The molecule has 0 aliphatic carbocycles. The highest BCUT2D eigenvalue weighted by Crippen LogP contribution is 2.19. The lowest BCUT2D eigenvalue weighted by Crippen LogP contribution is -2.50. The van der Waals surface area contributed by atoms with E-state index in [2.05, 4.69) is 10.3 Å². The molecule has 22 heavy (non-hydrogen) atoms. The van der Waals surface area contributed by atoms with Crippen LogP contribution >= 0.6 is 0 Å². The Labute approximate surface area is 130 Å². The van der Waals surface area contributed by atoms with E-state index in [0.29, 0.717) is 19.8 Å². The van der Waals surface area contributed by atoms with E-state index in [1.54, 1.807) is 20.4 Å². The average Bonchev–Trinajstić information content (AvgIpc) is 2.99. The van der Waals surface area contributed by atoms with Gasteiger partial charge in [-0.3, -0.25) is 4.79 Å². The number of ether oxygens (including phenoxy) is 3. The molecule has 1 aromatic heterocycles. The van der Waals surface area contributed by atoms with Crippen molar-refractivity contribution in [1.29, 1.82) is 0 Å². The van der Waals surface area contributed by atoms with Crippen LogP contribution in [0, 0.1) is 5.92 Å². The SMILES string of the molecule is CCc1nccn1CC(=O)NC[C@@H]1COC[C@@H](OC)[C@H]1OC. The van der Waals surface area contributed by atoms with Crippen LogP contribution in [0.15, 0.2) is 12.4 Å². The van der Waals surface area contributed by atoms with Crippen LogP contribution in [0.5, 0.6) is 0 Å². The van der Waals surface area contributed by atoms with E-state index < -0.39 is 0 Å². The summed E-state index contributed by atoms with van der Waals surface area (Å²) in [6, 6.07) is 0. The van der Waals surface area contributed by atoms with Crippen LogP contribution in [-0.2, 0) is 32.0 Å². The van der Waals surface area contributed by atoms with Crippen molar-refractivity contribution in [2.24, 2.45) is 5.92 Å². The van der Waals surface area contributed by atoms with Crippen LogP contribution in [0.2, 0.25) is 0 Å². The van der Waals surface area contributed by atoms with E-state index in [0.717, 1.165) is 12.2 Å². The minimum atomic E-state index is -0.0963. The minimum absolute atomic E-state index is 0.0397. The molecule has 7 heteroatoms. The normalized spacial score (nSPS) is 25.1. The number of carbonyl (C=O) groups excluding carboxylic acids is 1. The summed E-state index contributed by atoms with van der Waals surface area (Å²) in [7, 11) is 3.31. The van der Waals surface area contributed by atoms with Crippen LogP contribution in [-0.4, -0.2) is 61.6 Å². The first-order valence-electron chi connectivity index (χ1n) is 7.59. The first kappa shape index (κ1) is 16.9. The van der Waals surface area contributed by atoms with Gasteiger partial charge in [0.1, 0.15) is 18.5 Å². The van der Waals surface area contributed by atoms with Crippen LogP contribution in [0.25, 0.3) is 0 Å². The number of carbonyl (C=O) groups is 1. The second-order valence-electron chi connectivity index (χ2n) is 5.40. The lowest BCUT2D eigenvalue weighted by molar-refractivity contribution is -0.147. The maximum absolute atomic E-state index is 12.1. The van der Waals surface area contributed by atoms with Crippen molar-refractivity contribution in [3.8, 4) is 0 Å². The summed E-state index contributed by atoms with van der Waals surface area (Å²) in [4.78, 5) is 16.3. The number of methoxy groups -OCH3 is 2. The molecule has 1 saturated heterocycles. The molecule has 0 saturated carbocycles. The Morgan fingerprint density at radius 1 is 1.45 bits per heavy atom. The highest BCUT2D eigenvalue weighted by molar-refractivity contribution is 5.75. The van der Waals surface area contributed by atoms with Crippen molar-refractivity contribution in [2.75, 3.05) is 34.0 Å². The van der Waals surface area contributed by atoms with E-state index in [4.69, 9.17) is 14.2 Å². The first-order valence-corrected chi connectivity index (χ1v) is 7.59. The Morgan fingerprint density at radius 2 is 2.27 bits per heavy atom. The predicted molar refractivity (Wildman–Crippen MR) is 80.5 cm³/mol. The van der Waals surface area contributed by atoms with Crippen LogP contribution in [0.1, 0.15) is 12.7 Å². The molecular weight excluding hydrogens is 286 g/mol. The number of imidazole rings is 1. The number of amides is 1. The minimum Gasteiger partial charge on any atom is -0.378 e. The lowest BCUT2D eigenvalue weighted by Gasteiger charge is -2.36. The summed E-state index contributed by atoms with van der Waals surface area (Å²) < 4.78 is 18.3. The van der Waals surface area contributed by atoms with Gasteiger partial charge in [0.05, 0.1) is 19.3 Å². The third-order valence-electron chi connectivity index (χ3n) is 4.01. The topological polar surface area (TPSA) is 74.6 Å². The van der Waals surface area contributed by atoms with Crippen molar-refractivity contribution in [3.63, 3.8) is 0 Å². The summed E-state index contributed by atoms with van der Waals surface area (Å²) in [5.41, 5.74) is 0. The molecule has 1 fully saturated rings. The Bertz CT molecular complexity index is 477. The molecule has 1 aromatic rings. The molecule has 0 spiro atoms. The molecule has 1 amide bonds. The third-order valence-corrected chi connectivity index (χ3v) is 4.01. The molecule has 0 unspecified atom stereocenters. The van der Waals surface area contributed by atoms with Crippen LogP contribution in [0.4, 0.5) is 0 Å². The number of aryl methyl sites for hydroxylation is 1. The van der Waals surface area contributed by atoms with E-state index in [1.165, 1.54) is 0 Å². The van der Waals surface area contributed by atoms with Gasteiger partial charge >= 0.3 is 0 Å². The predicted octanol–water partition coefficient (Wildman–Crippen LogP) is 0.238. The van der Waals surface area contributed by atoms with Crippen molar-refractivity contribution in [3.05, 3.63) is 18.2 Å². The Balaban J connectivity index is 1.84. The van der Waals surface area contributed by atoms with Crippen molar-refractivity contribution < 1.29 is 19.0 Å². The highest BCUT2D eigenvalue weighted by atomic mass is 16.6. The molecule has 0 aromatic carbocycles. The lowest BCUT2D eigenvalue weighted by atomic mass is 9.96. The number of hydrogen-bond donors (Lipinski definition) is 1. The second-order valence-corrected chi connectivity index (χ2v) is 5.40. The summed E-state index contributed by atoms with van der Waals surface area (Å²) >= 11 is 0. The maximum Gasteiger partial charge on any atom is 0.239 e. The third kappa shape index (κ3) is 4.06. The van der Waals surface area contributed by atoms with Crippen LogP contribution in [0.3, 0.4) is 0 Å². The van der Waals surface area contributed by atoms with Gasteiger partial charge in [-0.1, -0.05) is 6.92 Å². The molecule has 7 nitrogen and oxygen atoms in total. The molecule has 1 N–H and O–H groups in total. The summed E-state index contributed by atoms with van der Waals surface area (Å²) in [5, 5.41) is 2.95. The fraction of sp³-hybridized carbons (Fsp3) is 0.733. The molecule has 2 rings (SSSR count). The van der Waals surface area contributed by atoms with E-state index in [9.17, 15) is 4.79 Å². The zero-order chi connectivity index (χ0) is 15.9. The zero-order valence-corrected chi connectivity index (χ0v) is 13.4. The second kappa shape index (κ2) is 8.26. The number of rotatable bonds is 7. The fourth-order valence-electron chi connectivity index (χ4n) is 2.80. The number of hydrogen-bond acceptors (Lipinski definition) is 5.